The van der Waals surface area contributed by atoms with Crippen LogP contribution in [0, 0.1) is 11.5 Å². The van der Waals surface area contributed by atoms with E-state index in [-0.39, 0.29) is 17.1 Å². The van der Waals surface area contributed by atoms with Crippen molar-refractivity contribution in [2.45, 2.75) is 72.0 Å². The molecule has 0 aliphatic carbocycles. The second-order valence-electron chi connectivity index (χ2n) is 6.34. The Hall–Kier alpha value is -1.14. The number of ketones is 2. The Labute approximate surface area is 125 Å². The number of hydrogen-bond donors (Lipinski definition) is 0. The molecule has 0 fully saturated rings. The summed E-state index contributed by atoms with van der Waals surface area (Å²) in [7, 11) is -1.79. The minimum atomic E-state index is -1.79. The molecule has 0 amide bonds. The van der Waals surface area contributed by atoms with Gasteiger partial charge in [-0.1, -0.05) is 47.5 Å². The van der Waals surface area contributed by atoms with Crippen molar-refractivity contribution in [3.05, 3.63) is 11.6 Å². The Morgan fingerprint density at radius 3 is 1.45 bits per heavy atom. The smallest absolute Gasteiger partial charge is 0.164 e. The average molecular weight is 292 g/mol. The fourth-order valence-electron chi connectivity index (χ4n) is 3.12. The topological polar surface area (TPSA) is 34.1 Å². The molecule has 0 rings (SSSR count). The van der Waals surface area contributed by atoms with Crippen molar-refractivity contribution >= 4 is 19.6 Å². The van der Waals surface area contributed by atoms with Gasteiger partial charge in [0.15, 0.2) is 11.6 Å². The highest BCUT2D eigenvalue weighted by Gasteiger charge is 2.41. The molecule has 0 radical (unpaired) electrons. The van der Waals surface area contributed by atoms with E-state index in [4.69, 9.17) is 0 Å². The Balaban J connectivity index is 5.74. The predicted octanol–water partition coefficient (Wildman–Crippen LogP) is 4.31. The summed E-state index contributed by atoms with van der Waals surface area (Å²) in [5, 5.41) is 0. The maximum atomic E-state index is 11.4. The van der Waals surface area contributed by atoms with Crippen LogP contribution in [0.25, 0.3) is 0 Å². The third kappa shape index (κ3) is 4.18. The van der Waals surface area contributed by atoms with Crippen molar-refractivity contribution < 1.29 is 9.59 Å². The summed E-state index contributed by atoms with van der Waals surface area (Å²) in [5.74, 6) is 2.62. The van der Waals surface area contributed by atoms with Crippen molar-refractivity contribution in [2.75, 3.05) is 0 Å². The molecule has 0 heterocycles. The van der Waals surface area contributed by atoms with Crippen LogP contribution >= 0.6 is 0 Å². The molecule has 112 valence electrons. The van der Waals surface area contributed by atoms with E-state index in [0.717, 1.165) is 0 Å². The third-order valence-corrected chi connectivity index (χ3v) is 10.4. The molecule has 0 unspecified atom stereocenters. The molecule has 0 saturated heterocycles. The lowest BCUT2D eigenvalue weighted by Crippen LogP contribution is -2.43. The summed E-state index contributed by atoms with van der Waals surface area (Å²) in [6, 6.07) is 0. The molecule has 0 aliphatic rings. The first-order valence-corrected chi connectivity index (χ1v) is 9.55. The molecule has 0 saturated carbocycles. The Morgan fingerprint density at radius 1 is 0.850 bits per heavy atom. The monoisotopic (exact) mass is 292 g/mol. The summed E-state index contributed by atoms with van der Waals surface area (Å²) >= 11 is 0. The van der Waals surface area contributed by atoms with Crippen LogP contribution in [-0.4, -0.2) is 19.6 Å². The zero-order valence-electron chi connectivity index (χ0n) is 14.1. The molecule has 0 aromatic carbocycles. The van der Waals surface area contributed by atoms with Crippen molar-refractivity contribution in [3.8, 4) is 11.5 Å². The first-order valence-electron chi connectivity index (χ1n) is 7.32. The van der Waals surface area contributed by atoms with Crippen molar-refractivity contribution in [1.82, 2.24) is 0 Å². The molecule has 0 aromatic rings. The van der Waals surface area contributed by atoms with E-state index >= 15 is 0 Å². The maximum absolute atomic E-state index is 11.4. The lowest BCUT2D eigenvalue weighted by molar-refractivity contribution is -0.119. The van der Waals surface area contributed by atoms with Crippen molar-refractivity contribution in [3.63, 3.8) is 0 Å². The maximum Gasteiger partial charge on any atom is 0.164 e. The van der Waals surface area contributed by atoms with Gasteiger partial charge in [0.1, 0.15) is 8.07 Å². The van der Waals surface area contributed by atoms with Crippen molar-refractivity contribution in [1.29, 1.82) is 0 Å². The second kappa shape index (κ2) is 7.59. The van der Waals surface area contributed by atoms with Gasteiger partial charge in [0.05, 0.1) is 5.57 Å². The second-order valence-corrected chi connectivity index (χ2v) is 11.9. The highest BCUT2D eigenvalue weighted by molar-refractivity contribution is 6.90. The van der Waals surface area contributed by atoms with Gasteiger partial charge < -0.3 is 0 Å². The van der Waals surface area contributed by atoms with Gasteiger partial charge >= 0.3 is 0 Å². The van der Waals surface area contributed by atoms with Gasteiger partial charge in [-0.15, -0.1) is 5.54 Å². The normalized spacial score (nSPS) is 11.3. The summed E-state index contributed by atoms with van der Waals surface area (Å²) in [6.07, 6.45) is 1.51. The standard InChI is InChI=1S/C17H28O2Si/c1-12(2)20(13(3)4,14(5)6)11-9-10-17(15(7)18)16(8)19/h10,12-14H,1-8H3. The summed E-state index contributed by atoms with van der Waals surface area (Å²) in [4.78, 5) is 22.8. The van der Waals surface area contributed by atoms with Gasteiger partial charge in [0.2, 0.25) is 0 Å². The number of carbonyl (C=O) groups excluding carboxylic acids is 2. The zero-order valence-corrected chi connectivity index (χ0v) is 15.1. The SMILES string of the molecule is CC(=O)C(=CC#C[Si](C(C)C)(C(C)C)C(C)C)C(C)=O. The average Bonchev–Trinajstić information content (AvgIpc) is 2.26. The quantitative estimate of drug-likeness (QED) is 0.249. The molecular weight excluding hydrogens is 264 g/mol. The van der Waals surface area contributed by atoms with Crippen LogP contribution in [-0.2, 0) is 9.59 Å². The molecular formula is C17H28O2Si. The van der Waals surface area contributed by atoms with Gasteiger partial charge in [0.25, 0.3) is 0 Å². The van der Waals surface area contributed by atoms with Crippen LogP contribution in [0.5, 0.6) is 0 Å². The lowest BCUT2D eigenvalue weighted by Gasteiger charge is -2.38. The van der Waals surface area contributed by atoms with Crippen LogP contribution in [0.2, 0.25) is 16.6 Å². The Morgan fingerprint density at radius 2 is 1.20 bits per heavy atom. The third-order valence-electron chi connectivity index (χ3n) is 4.13. The molecule has 0 N–H and O–H groups in total. The number of allylic oxidation sites excluding steroid dienone is 2. The highest BCUT2D eigenvalue weighted by atomic mass is 28.3. The van der Waals surface area contributed by atoms with E-state index in [1.807, 2.05) is 0 Å². The molecule has 0 spiro atoms. The van der Waals surface area contributed by atoms with Gasteiger partial charge in [-0.05, 0) is 30.5 Å². The number of rotatable bonds is 5. The molecule has 0 aromatic heterocycles. The van der Waals surface area contributed by atoms with E-state index < -0.39 is 8.07 Å². The van der Waals surface area contributed by atoms with Crippen LogP contribution in [0.1, 0.15) is 55.4 Å². The fraction of sp³-hybridized carbons (Fsp3) is 0.647. The molecule has 2 nitrogen and oxygen atoms in total. The van der Waals surface area contributed by atoms with E-state index in [0.29, 0.717) is 16.6 Å². The minimum Gasteiger partial charge on any atom is -0.294 e. The van der Waals surface area contributed by atoms with Crippen LogP contribution < -0.4 is 0 Å². The Bertz CT molecular complexity index is 421. The molecule has 3 heteroatoms. The van der Waals surface area contributed by atoms with Crippen LogP contribution in [0.3, 0.4) is 0 Å². The largest absolute Gasteiger partial charge is 0.294 e. The van der Waals surface area contributed by atoms with Crippen LogP contribution in [0.4, 0.5) is 0 Å². The predicted molar refractivity (Wildman–Crippen MR) is 88.3 cm³/mol. The van der Waals surface area contributed by atoms with Crippen LogP contribution in [0.15, 0.2) is 11.6 Å². The first kappa shape index (κ1) is 18.9. The van der Waals surface area contributed by atoms with E-state index in [1.54, 1.807) is 0 Å². The number of hydrogen-bond acceptors (Lipinski definition) is 2. The highest BCUT2D eigenvalue weighted by Crippen LogP contribution is 2.40. The van der Waals surface area contributed by atoms with Gasteiger partial charge in [-0.2, -0.15) is 0 Å². The molecule has 0 atom stereocenters. The molecule has 0 bridgehead atoms. The first-order chi connectivity index (χ1) is 9.07. The minimum absolute atomic E-state index is 0.205. The van der Waals surface area contributed by atoms with E-state index in [1.165, 1.54) is 19.9 Å². The van der Waals surface area contributed by atoms with E-state index in [2.05, 4.69) is 53.0 Å². The number of Topliss-reactive ketones (excluding diaryl/α,β-unsaturated/α-hetero) is 2. The van der Waals surface area contributed by atoms with Crippen molar-refractivity contribution in [2.24, 2.45) is 0 Å². The molecule has 20 heavy (non-hydrogen) atoms. The number of carbonyl (C=O) groups is 2. The zero-order chi connectivity index (χ0) is 16.1. The fourth-order valence-corrected chi connectivity index (χ4v) is 8.31. The summed E-state index contributed by atoms with van der Waals surface area (Å²) in [5.41, 5.74) is 5.31. The summed E-state index contributed by atoms with van der Waals surface area (Å²) in [6.45, 7) is 16.2. The van der Waals surface area contributed by atoms with Gasteiger partial charge in [-0.25, -0.2) is 0 Å². The Kier molecular flexibility index (Phi) is 7.16. The molecule has 0 aliphatic heterocycles. The lowest BCUT2D eigenvalue weighted by atomic mass is 10.1. The van der Waals surface area contributed by atoms with Gasteiger partial charge in [-0.3, -0.25) is 9.59 Å². The summed E-state index contributed by atoms with van der Waals surface area (Å²) < 4.78 is 0. The van der Waals surface area contributed by atoms with Gasteiger partial charge in [0, 0.05) is 6.08 Å². The van der Waals surface area contributed by atoms with E-state index in [9.17, 15) is 9.59 Å².